The molecule has 0 spiro atoms. The molecular formula is C13H22Br2O4. The van der Waals surface area contributed by atoms with Crippen LogP contribution in [0.2, 0.25) is 0 Å². The molecule has 4 nitrogen and oxygen atoms in total. The zero-order chi connectivity index (χ0) is 14.6. The molecule has 0 bridgehead atoms. The minimum atomic E-state index is -0.299. The first-order valence-corrected chi connectivity index (χ1v) is 7.27. The summed E-state index contributed by atoms with van der Waals surface area (Å²) in [7, 11) is 2.72. The van der Waals surface area contributed by atoms with E-state index in [1.54, 1.807) is 0 Å². The van der Waals surface area contributed by atoms with E-state index in [1.165, 1.54) is 26.4 Å². The summed E-state index contributed by atoms with van der Waals surface area (Å²) in [6, 6.07) is 0. The van der Waals surface area contributed by atoms with Gasteiger partial charge in [0.1, 0.15) is 0 Å². The summed E-state index contributed by atoms with van der Waals surface area (Å²) in [5.41, 5.74) is 1.92. The maximum absolute atomic E-state index is 10.5. The first-order valence-electron chi connectivity index (χ1n) is 5.03. The van der Waals surface area contributed by atoms with E-state index >= 15 is 0 Å². The number of alkyl halides is 2. The van der Waals surface area contributed by atoms with E-state index in [0.717, 1.165) is 11.1 Å². The molecular weight excluding hydrogens is 380 g/mol. The summed E-state index contributed by atoms with van der Waals surface area (Å²) >= 11 is 6.39. The monoisotopic (exact) mass is 400 g/mol. The number of rotatable bonds is 4. The number of halogens is 2. The van der Waals surface area contributed by atoms with Gasteiger partial charge in [-0.25, -0.2) is 9.59 Å². The molecule has 0 rings (SSSR count). The second kappa shape index (κ2) is 15.4. The molecule has 0 N–H and O–H groups in total. The number of esters is 2. The van der Waals surface area contributed by atoms with Crippen LogP contribution < -0.4 is 0 Å². The summed E-state index contributed by atoms with van der Waals surface area (Å²) in [5, 5.41) is 1.42. The van der Waals surface area contributed by atoms with Crippen molar-refractivity contribution in [1.82, 2.24) is 0 Å². The standard InChI is InChI=1S/2C6H9BrO2.CH4/c2*1-5(4-7)3-6(8)9-2;/h2*3H,4H2,1-2H3;1H4/b5-3+;5-3-;. The van der Waals surface area contributed by atoms with E-state index in [4.69, 9.17) is 0 Å². The fraction of sp³-hybridized carbons (Fsp3) is 0.538. The van der Waals surface area contributed by atoms with Gasteiger partial charge in [-0.15, -0.1) is 0 Å². The third-order valence-electron chi connectivity index (χ3n) is 1.55. The maximum Gasteiger partial charge on any atom is 0.330 e. The molecule has 0 radical (unpaired) electrons. The third kappa shape index (κ3) is 17.4. The van der Waals surface area contributed by atoms with Crippen LogP contribution in [-0.2, 0) is 19.1 Å². The summed E-state index contributed by atoms with van der Waals surface area (Å²) in [4.78, 5) is 20.9. The number of ether oxygens (including phenoxy) is 2. The Morgan fingerprint density at radius 1 is 0.895 bits per heavy atom. The quantitative estimate of drug-likeness (QED) is 0.410. The highest BCUT2D eigenvalue weighted by Crippen LogP contribution is 1.97. The Hall–Kier alpha value is -0.620. The third-order valence-corrected chi connectivity index (χ3v) is 3.32. The lowest BCUT2D eigenvalue weighted by Gasteiger charge is -1.92. The highest BCUT2D eigenvalue weighted by atomic mass is 79.9. The van der Waals surface area contributed by atoms with Crippen molar-refractivity contribution in [2.75, 3.05) is 24.9 Å². The second-order valence-corrected chi connectivity index (χ2v) is 4.42. The molecule has 0 aromatic heterocycles. The zero-order valence-corrected chi connectivity index (χ0v) is 14.1. The Morgan fingerprint density at radius 3 is 1.32 bits per heavy atom. The predicted molar refractivity (Wildman–Crippen MR) is 85.9 cm³/mol. The normalized spacial score (nSPS) is 10.6. The lowest BCUT2D eigenvalue weighted by atomic mass is 10.3. The average molecular weight is 402 g/mol. The van der Waals surface area contributed by atoms with E-state index in [-0.39, 0.29) is 19.4 Å². The summed E-state index contributed by atoms with van der Waals surface area (Å²) in [6.45, 7) is 3.71. The van der Waals surface area contributed by atoms with E-state index in [9.17, 15) is 9.59 Å². The Kier molecular flexibility index (Phi) is 19.1. The first-order chi connectivity index (χ1) is 8.40. The van der Waals surface area contributed by atoms with E-state index in [2.05, 4.69) is 41.3 Å². The molecule has 0 aromatic rings. The molecule has 0 aliphatic carbocycles. The molecule has 6 heteroatoms. The smallest absolute Gasteiger partial charge is 0.330 e. The van der Waals surface area contributed by atoms with Gasteiger partial charge in [0.25, 0.3) is 0 Å². The topological polar surface area (TPSA) is 52.6 Å². The number of hydrogen-bond acceptors (Lipinski definition) is 4. The van der Waals surface area contributed by atoms with Crippen LogP contribution in [0.3, 0.4) is 0 Å². The van der Waals surface area contributed by atoms with Crippen molar-refractivity contribution in [3.8, 4) is 0 Å². The number of allylic oxidation sites excluding steroid dienone is 2. The number of carbonyl (C=O) groups is 2. The van der Waals surface area contributed by atoms with Gasteiger partial charge in [-0.05, 0) is 13.8 Å². The van der Waals surface area contributed by atoms with Crippen molar-refractivity contribution in [1.29, 1.82) is 0 Å². The molecule has 0 amide bonds. The summed E-state index contributed by atoms with van der Waals surface area (Å²) in [6.07, 6.45) is 2.91. The van der Waals surface area contributed by atoms with Gasteiger partial charge < -0.3 is 9.47 Å². The lowest BCUT2D eigenvalue weighted by Crippen LogP contribution is -1.95. The van der Waals surface area contributed by atoms with Crippen molar-refractivity contribution in [2.45, 2.75) is 21.3 Å². The van der Waals surface area contributed by atoms with Crippen molar-refractivity contribution in [3.63, 3.8) is 0 Å². The number of methoxy groups -OCH3 is 2. The van der Waals surface area contributed by atoms with Crippen LogP contribution >= 0.6 is 31.9 Å². The average Bonchev–Trinajstić information content (AvgIpc) is 2.38. The first kappa shape index (κ1) is 23.5. The molecule has 19 heavy (non-hydrogen) atoms. The Labute approximate surface area is 132 Å². The van der Waals surface area contributed by atoms with E-state index in [1.807, 2.05) is 13.8 Å². The van der Waals surface area contributed by atoms with E-state index in [0.29, 0.717) is 10.7 Å². The second-order valence-electron chi connectivity index (χ2n) is 3.29. The fourth-order valence-corrected chi connectivity index (χ4v) is 0.921. The predicted octanol–water partition coefficient (Wildman–Crippen LogP) is 3.64. The minimum absolute atomic E-state index is 0. The van der Waals surface area contributed by atoms with Gasteiger partial charge in [-0.1, -0.05) is 50.4 Å². The molecule has 0 heterocycles. The van der Waals surface area contributed by atoms with Crippen LogP contribution in [0.15, 0.2) is 23.3 Å². The molecule has 0 unspecified atom stereocenters. The highest BCUT2D eigenvalue weighted by molar-refractivity contribution is 9.09. The molecule has 0 saturated heterocycles. The Balaban J connectivity index is -0.000000256. The zero-order valence-electron chi connectivity index (χ0n) is 11.0. The van der Waals surface area contributed by atoms with Gasteiger partial charge in [-0.2, -0.15) is 0 Å². The Morgan fingerprint density at radius 2 is 1.16 bits per heavy atom. The Bertz CT molecular complexity index is 291. The molecule has 0 fully saturated rings. The van der Waals surface area contributed by atoms with Crippen molar-refractivity contribution >= 4 is 43.8 Å². The SMILES string of the molecule is C.COC(=O)/C=C(/C)CBr.COC(=O)/C=C(\C)CBr. The van der Waals surface area contributed by atoms with Crippen LogP contribution in [0, 0.1) is 0 Å². The van der Waals surface area contributed by atoms with Gasteiger partial charge >= 0.3 is 11.9 Å². The largest absolute Gasteiger partial charge is 0.466 e. The van der Waals surface area contributed by atoms with Crippen molar-refractivity contribution in [2.24, 2.45) is 0 Å². The fourth-order valence-electron chi connectivity index (χ4n) is 0.597. The van der Waals surface area contributed by atoms with Gasteiger partial charge in [0.2, 0.25) is 0 Å². The molecule has 0 atom stereocenters. The number of hydrogen-bond donors (Lipinski definition) is 0. The van der Waals surface area contributed by atoms with Crippen LogP contribution in [0.25, 0.3) is 0 Å². The lowest BCUT2D eigenvalue weighted by molar-refractivity contribution is -0.135. The molecule has 0 saturated carbocycles. The molecule has 0 aliphatic rings. The van der Waals surface area contributed by atoms with Crippen LogP contribution in [0.4, 0.5) is 0 Å². The van der Waals surface area contributed by atoms with Crippen molar-refractivity contribution in [3.05, 3.63) is 23.3 Å². The van der Waals surface area contributed by atoms with Gasteiger partial charge in [0, 0.05) is 22.8 Å². The van der Waals surface area contributed by atoms with Crippen LogP contribution in [0.1, 0.15) is 21.3 Å². The van der Waals surface area contributed by atoms with Crippen LogP contribution in [0.5, 0.6) is 0 Å². The van der Waals surface area contributed by atoms with Gasteiger partial charge in [-0.3, -0.25) is 0 Å². The van der Waals surface area contributed by atoms with Crippen LogP contribution in [-0.4, -0.2) is 36.8 Å². The van der Waals surface area contributed by atoms with Gasteiger partial charge in [0.15, 0.2) is 0 Å². The van der Waals surface area contributed by atoms with Crippen molar-refractivity contribution < 1.29 is 19.1 Å². The summed E-state index contributed by atoms with van der Waals surface area (Å²) < 4.78 is 8.77. The maximum atomic E-state index is 10.5. The molecule has 112 valence electrons. The van der Waals surface area contributed by atoms with Gasteiger partial charge in [0.05, 0.1) is 14.2 Å². The number of carbonyl (C=O) groups excluding carboxylic acids is 2. The summed E-state index contributed by atoms with van der Waals surface area (Å²) in [5.74, 6) is -0.598. The minimum Gasteiger partial charge on any atom is -0.466 e. The molecule has 0 aromatic carbocycles. The molecule has 0 aliphatic heterocycles. The van der Waals surface area contributed by atoms with E-state index < -0.39 is 0 Å². The highest BCUT2D eigenvalue weighted by Gasteiger charge is 1.93.